The molecule has 0 saturated heterocycles. The minimum absolute atomic E-state index is 0.303. The van der Waals surface area contributed by atoms with Gasteiger partial charge in [0.25, 0.3) is 0 Å². The molecule has 0 aromatic heterocycles. The summed E-state index contributed by atoms with van der Waals surface area (Å²) in [5.41, 5.74) is -0.507. The lowest BCUT2D eigenvalue weighted by Gasteiger charge is -2.41. The summed E-state index contributed by atoms with van der Waals surface area (Å²) < 4.78 is 42.7. The van der Waals surface area contributed by atoms with Crippen molar-refractivity contribution in [2.24, 2.45) is 0 Å². The number of hydrogen-bond acceptors (Lipinski definition) is 2. The van der Waals surface area contributed by atoms with Crippen LogP contribution in [0.5, 0.6) is 0 Å². The van der Waals surface area contributed by atoms with Gasteiger partial charge in [-0.25, -0.2) is 0 Å². The normalized spacial score (nSPS) is 19.8. The second-order valence-corrected chi connectivity index (χ2v) is 5.08. The molecule has 106 valence electrons. The van der Waals surface area contributed by atoms with Crippen LogP contribution in [-0.4, -0.2) is 17.8 Å². The van der Waals surface area contributed by atoms with E-state index in [1.807, 2.05) is 0 Å². The van der Waals surface area contributed by atoms with Crippen LogP contribution >= 0.6 is 0 Å². The third kappa shape index (κ3) is 3.09. The van der Waals surface area contributed by atoms with Crippen LogP contribution in [-0.2, 0) is 10.9 Å². The first kappa shape index (κ1) is 14.3. The third-order valence-electron chi connectivity index (χ3n) is 3.89. The molecule has 1 aliphatic rings. The van der Waals surface area contributed by atoms with Gasteiger partial charge in [-0.2, -0.15) is 13.2 Å². The fourth-order valence-electron chi connectivity index (χ4n) is 2.43. The van der Waals surface area contributed by atoms with Gasteiger partial charge in [-0.05, 0) is 37.0 Å². The summed E-state index contributed by atoms with van der Waals surface area (Å²) >= 11 is 0. The van der Waals surface area contributed by atoms with Crippen molar-refractivity contribution in [2.75, 3.05) is 7.11 Å². The van der Waals surface area contributed by atoms with Crippen LogP contribution < -0.4 is 0 Å². The second kappa shape index (κ2) is 5.13. The molecular formula is C14H17F3O2. The predicted molar refractivity (Wildman–Crippen MR) is 64.6 cm³/mol. The molecule has 0 aliphatic heterocycles. The van der Waals surface area contributed by atoms with E-state index in [4.69, 9.17) is 4.74 Å². The monoisotopic (exact) mass is 274 g/mol. The van der Waals surface area contributed by atoms with Crippen molar-refractivity contribution in [3.05, 3.63) is 35.4 Å². The highest BCUT2D eigenvalue weighted by atomic mass is 19.4. The smallest absolute Gasteiger partial charge is 0.388 e. The van der Waals surface area contributed by atoms with Crippen molar-refractivity contribution in [1.29, 1.82) is 0 Å². The van der Waals surface area contributed by atoms with Gasteiger partial charge in [-0.15, -0.1) is 0 Å². The minimum Gasteiger partial charge on any atom is -0.388 e. The second-order valence-electron chi connectivity index (χ2n) is 5.08. The van der Waals surface area contributed by atoms with E-state index in [1.165, 1.54) is 12.1 Å². The molecule has 0 radical (unpaired) electrons. The summed E-state index contributed by atoms with van der Waals surface area (Å²) in [7, 11) is 1.61. The fraction of sp³-hybridized carbons (Fsp3) is 0.571. The summed E-state index contributed by atoms with van der Waals surface area (Å²) in [5.74, 6) is 0. The highest BCUT2D eigenvalue weighted by Gasteiger charge is 2.39. The van der Waals surface area contributed by atoms with Crippen molar-refractivity contribution in [1.82, 2.24) is 0 Å². The number of halogens is 3. The van der Waals surface area contributed by atoms with Gasteiger partial charge >= 0.3 is 6.18 Å². The molecule has 1 atom stereocenters. The summed E-state index contributed by atoms with van der Waals surface area (Å²) in [6.45, 7) is 0. The van der Waals surface area contributed by atoms with E-state index in [2.05, 4.69) is 0 Å². The molecule has 2 nitrogen and oxygen atoms in total. The van der Waals surface area contributed by atoms with Gasteiger partial charge in [0.05, 0.1) is 17.3 Å². The van der Waals surface area contributed by atoms with E-state index < -0.39 is 17.8 Å². The van der Waals surface area contributed by atoms with E-state index in [1.54, 1.807) is 7.11 Å². The van der Waals surface area contributed by atoms with E-state index >= 15 is 0 Å². The van der Waals surface area contributed by atoms with Crippen molar-refractivity contribution >= 4 is 0 Å². The Balaban J connectivity index is 2.05. The Kier molecular flexibility index (Phi) is 3.87. The molecule has 1 aromatic carbocycles. The van der Waals surface area contributed by atoms with Crippen LogP contribution in [0.15, 0.2) is 24.3 Å². The maximum Gasteiger partial charge on any atom is 0.416 e. The molecule has 19 heavy (non-hydrogen) atoms. The molecule has 0 heterocycles. The quantitative estimate of drug-likeness (QED) is 0.907. The number of methoxy groups -OCH3 is 1. The minimum atomic E-state index is -4.34. The number of ether oxygens (including phenoxy) is 1. The summed E-state index contributed by atoms with van der Waals surface area (Å²) in [4.78, 5) is 0. The van der Waals surface area contributed by atoms with E-state index in [9.17, 15) is 18.3 Å². The van der Waals surface area contributed by atoms with Gasteiger partial charge < -0.3 is 9.84 Å². The van der Waals surface area contributed by atoms with Crippen molar-refractivity contribution in [3.8, 4) is 0 Å². The molecule has 1 aliphatic carbocycles. The van der Waals surface area contributed by atoms with Crippen LogP contribution in [0.25, 0.3) is 0 Å². The summed E-state index contributed by atoms with van der Waals surface area (Å²) in [6.07, 6.45) is -1.86. The highest BCUT2D eigenvalue weighted by molar-refractivity contribution is 5.26. The number of alkyl halides is 3. The molecule has 0 amide bonds. The average Bonchev–Trinajstić information content (AvgIpc) is 2.32. The van der Waals surface area contributed by atoms with Gasteiger partial charge in [0.2, 0.25) is 0 Å². The first-order chi connectivity index (χ1) is 8.86. The molecule has 1 fully saturated rings. The number of hydrogen-bond donors (Lipinski definition) is 1. The molecule has 1 aromatic rings. The Hall–Kier alpha value is -1.07. The number of benzene rings is 1. The maximum absolute atomic E-state index is 12.4. The lowest BCUT2D eigenvalue weighted by molar-refractivity contribution is -0.137. The van der Waals surface area contributed by atoms with Gasteiger partial charge in [-0.3, -0.25) is 0 Å². The van der Waals surface area contributed by atoms with Crippen LogP contribution in [0.4, 0.5) is 13.2 Å². The van der Waals surface area contributed by atoms with Gasteiger partial charge in [0.15, 0.2) is 0 Å². The van der Waals surface area contributed by atoms with Gasteiger partial charge in [0.1, 0.15) is 0 Å². The number of rotatable bonds is 4. The number of aliphatic hydroxyl groups is 1. The average molecular weight is 274 g/mol. The van der Waals surface area contributed by atoms with Gasteiger partial charge in [-0.1, -0.05) is 12.1 Å². The molecule has 1 saturated carbocycles. The van der Waals surface area contributed by atoms with E-state index in [0.29, 0.717) is 12.0 Å². The summed E-state index contributed by atoms with van der Waals surface area (Å²) in [6, 6.07) is 4.66. The predicted octanol–water partition coefficient (Wildman–Crippen LogP) is 3.70. The Bertz CT molecular complexity index is 416. The highest BCUT2D eigenvalue weighted by Crippen LogP contribution is 2.42. The summed E-state index contributed by atoms with van der Waals surface area (Å²) in [5, 5.41) is 10.1. The lowest BCUT2D eigenvalue weighted by Crippen LogP contribution is -2.40. The molecule has 5 heteroatoms. The van der Waals surface area contributed by atoms with Crippen LogP contribution in [0.2, 0.25) is 0 Å². The molecule has 0 spiro atoms. The third-order valence-corrected chi connectivity index (χ3v) is 3.89. The zero-order valence-corrected chi connectivity index (χ0v) is 10.7. The standard InChI is InChI=1S/C14H17F3O2/c1-19-13(7-2-8-13)9-12(18)10-3-5-11(6-4-10)14(15,16)17/h3-6,12,18H,2,7-9H2,1H3. The van der Waals surface area contributed by atoms with Crippen molar-refractivity contribution in [2.45, 2.75) is 43.6 Å². The lowest BCUT2D eigenvalue weighted by atomic mass is 9.75. The number of aliphatic hydroxyl groups excluding tert-OH is 1. The first-order valence-electron chi connectivity index (χ1n) is 6.27. The Morgan fingerprint density at radius 1 is 1.26 bits per heavy atom. The zero-order chi connectivity index (χ0) is 14.1. The Labute approximate surface area is 110 Å². The molecule has 1 N–H and O–H groups in total. The van der Waals surface area contributed by atoms with E-state index in [0.717, 1.165) is 31.4 Å². The Morgan fingerprint density at radius 2 is 1.84 bits per heavy atom. The SMILES string of the molecule is COC1(CC(O)c2ccc(C(F)(F)F)cc2)CCC1. The molecular weight excluding hydrogens is 257 g/mol. The van der Waals surface area contributed by atoms with Crippen molar-refractivity contribution < 1.29 is 23.0 Å². The Morgan fingerprint density at radius 3 is 2.21 bits per heavy atom. The first-order valence-corrected chi connectivity index (χ1v) is 6.27. The fourth-order valence-corrected chi connectivity index (χ4v) is 2.43. The topological polar surface area (TPSA) is 29.5 Å². The van der Waals surface area contributed by atoms with Crippen molar-refractivity contribution in [3.63, 3.8) is 0 Å². The van der Waals surface area contributed by atoms with Crippen LogP contribution in [0.3, 0.4) is 0 Å². The maximum atomic E-state index is 12.4. The molecule has 2 rings (SSSR count). The largest absolute Gasteiger partial charge is 0.416 e. The van der Waals surface area contributed by atoms with E-state index in [-0.39, 0.29) is 5.60 Å². The zero-order valence-electron chi connectivity index (χ0n) is 10.7. The van der Waals surface area contributed by atoms with Crippen LogP contribution in [0.1, 0.15) is 42.9 Å². The molecule has 0 bridgehead atoms. The molecule has 1 unspecified atom stereocenters. The van der Waals surface area contributed by atoms with Gasteiger partial charge in [0, 0.05) is 13.5 Å². The van der Waals surface area contributed by atoms with Crippen LogP contribution in [0, 0.1) is 0 Å².